The van der Waals surface area contributed by atoms with Crippen molar-refractivity contribution in [3.05, 3.63) is 20.8 Å². The fraction of sp³-hybridized carbons (Fsp3) is 0.556. The van der Waals surface area contributed by atoms with Crippen molar-refractivity contribution in [1.29, 1.82) is 0 Å². The van der Waals surface area contributed by atoms with Gasteiger partial charge < -0.3 is 4.74 Å². The standard InChI is InChI=1S/C9H15BrN2OS/c1-6(2)13-4-8(12-11)9-3-7(10)5-14-9/h3,5-6,8,12H,4,11H2,1-2H3. The minimum atomic E-state index is 0.0775. The van der Waals surface area contributed by atoms with Crippen molar-refractivity contribution in [2.45, 2.75) is 26.0 Å². The topological polar surface area (TPSA) is 47.3 Å². The van der Waals surface area contributed by atoms with E-state index < -0.39 is 0 Å². The maximum atomic E-state index is 5.51. The Balaban J connectivity index is 2.54. The van der Waals surface area contributed by atoms with Crippen LogP contribution in [0, 0.1) is 0 Å². The number of rotatable bonds is 5. The highest BCUT2D eigenvalue weighted by Gasteiger charge is 2.12. The molecular weight excluding hydrogens is 264 g/mol. The molecule has 1 rings (SSSR count). The van der Waals surface area contributed by atoms with E-state index in [2.05, 4.69) is 27.4 Å². The van der Waals surface area contributed by atoms with E-state index in [0.717, 1.165) is 4.47 Å². The second-order valence-electron chi connectivity index (χ2n) is 3.27. The van der Waals surface area contributed by atoms with E-state index in [0.29, 0.717) is 6.61 Å². The Kier molecular flexibility index (Phi) is 5.05. The summed E-state index contributed by atoms with van der Waals surface area (Å²) in [5.41, 5.74) is 2.75. The summed E-state index contributed by atoms with van der Waals surface area (Å²) in [6.45, 7) is 4.62. The van der Waals surface area contributed by atoms with E-state index in [1.165, 1.54) is 4.88 Å². The number of nitrogens with one attached hydrogen (secondary N) is 1. The van der Waals surface area contributed by atoms with E-state index in [1.807, 2.05) is 19.2 Å². The number of thiophene rings is 1. The Morgan fingerprint density at radius 1 is 1.64 bits per heavy atom. The lowest BCUT2D eigenvalue weighted by molar-refractivity contribution is 0.0618. The molecule has 0 aliphatic heterocycles. The number of halogens is 1. The summed E-state index contributed by atoms with van der Waals surface area (Å²) in [6, 6.07) is 2.13. The van der Waals surface area contributed by atoms with Crippen LogP contribution in [-0.4, -0.2) is 12.7 Å². The fourth-order valence-electron chi connectivity index (χ4n) is 1.01. The molecule has 0 spiro atoms. The van der Waals surface area contributed by atoms with Gasteiger partial charge in [-0.3, -0.25) is 5.84 Å². The predicted octanol–water partition coefficient (Wildman–Crippen LogP) is 2.44. The zero-order valence-corrected chi connectivity index (χ0v) is 10.7. The number of hydrogen-bond acceptors (Lipinski definition) is 4. The van der Waals surface area contributed by atoms with Gasteiger partial charge in [0.2, 0.25) is 0 Å². The highest BCUT2D eigenvalue weighted by atomic mass is 79.9. The van der Waals surface area contributed by atoms with Gasteiger partial charge in [-0.1, -0.05) is 0 Å². The van der Waals surface area contributed by atoms with Gasteiger partial charge in [-0.2, -0.15) is 0 Å². The largest absolute Gasteiger partial charge is 0.377 e. The molecule has 0 amide bonds. The van der Waals surface area contributed by atoms with Crippen LogP contribution >= 0.6 is 27.3 Å². The molecule has 3 N–H and O–H groups in total. The third-order valence-electron chi connectivity index (χ3n) is 1.73. The highest BCUT2D eigenvalue weighted by molar-refractivity contribution is 9.10. The molecule has 3 nitrogen and oxygen atoms in total. The lowest BCUT2D eigenvalue weighted by Gasteiger charge is -2.16. The molecule has 0 fully saturated rings. The molecule has 0 saturated carbocycles. The summed E-state index contributed by atoms with van der Waals surface area (Å²) in [7, 11) is 0. The third-order valence-corrected chi connectivity index (χ3v) is 3.54. The second kappa shape index (κ2) is 5.82. The van der Waals surface area contributed by atoms with Gasteiger partial charge in [0.1, 0.15) is 0 Å². The Morgan fingerprint density at radius 3 is 2.79 bits per heavy atom. The maximum Gasteiger partial charge on any atom is 0.0787 e. The van der Waals surface area contributed by atoms with Crippen LogP contribution in [0.15, 0.2) is 15.9 Å². The van der Waals surface area contributed by atoms with E-state index in [-0.39, 0.29) is 12.1 Å². The van der Waals surface area contributed by atoms with Crippen molar-refractivity contribution in [3.8, 4) is 0 Å². The highest BCUT2D eigenvalue weighted by Crippen LogP contribution is 2.25. The lowest BCUT2D eigenvalue weighted by atomic mass is 10.2. The Morgan fingerprint density at radius 2 is 2.36 bits per heavy atom. The Hall–Kier alpha value is 0.0600. The van der Waals surface area contributed by atoms with Crippen molar-refractivity contribution < 1.29 is 4.74 Å². The van der Waals surface area contributed by atoms with Gasteiger partial charge in [-0.15, -0.1) is 11.3 Å². The SMILES string of the molecule is CC(C)OCC(NN)c1cc(Br)cs1. The fourth-order valence-corrected chi connectivity index (χ4v) is 2.50. The van der Waals surface area contributed by atoms with Gasteiger partial charge >= 0.3 is 0 Å². The number of hydrazine groups is 1. The Labute approximate surface area is 96.7 Å². The molecule has 1 atom stereocenters. The van der Waals surface area contributed by atoms with Gasteiger partial charge in [-0.25, -0.2) is 5.43 Å². The molecule has 1 aromatic rings. The molecule has 0 aliphatic carbocycles. The molecule has 0 bridgehead atoms. The molecule has 5 heteroatoms. The van der Waals surface area contributed by atoms with E-state index in [1.54, 1.807) is 11.3 Å². The Bertz CT molecular complexity index is 278. The van der Waals surface area contributed by atoms with E-state index in [9.17, 15) is 0 Å². The van der Waals surface area contributed by atoms with Crippen molar-refractivity contribution in [2.75, 3.05) is 6.61 Å². The minimum absolute atomic E-state index is 0.0775. The summed E-state index contributed by atoms with van der Waals surface area (Å²) in [4.78, 5) is 1.18. The van der Waals surface area contributed by atoms with Gasteiger partial charge in [-0.05, 0) is 35.8 Å². The van der Waals surface area contributed by atoms with Crippen LogP contribution in [0.1, 0.15) is 24.8 Å². The first kappa shape index (κ1) is 12.1. The molecule has 0 aliphatic rings. The number of ether oxygens (including phenoxy) is 1. The summed E-state index contributed by atoms with van der Waals surface area (Å²) in [5.74, 6) is 5.46. The molecule has 0 radical (unpaired) electrons. The van der Waals surface area contributed by atoms with Gasteiger partial charge in [0, 0.05) is 14.7 Å². The van der Waals surface area contributed by atoms with E-state index in [4.69, 9.17) is 10.6 Å². The van der Waals surface area contributed by atoms with Crippen LogP contribution in [0.3, 0.4) is 0 Å². The van der Waals surface area contributed by atoms with Gasteiger partial charge in [0.25, 0.3) is 0 Å². The zero-order chi connectivity index (χ0) is 10.6. The number of hydrogen-bond donors (Lipinski definition) is 2. The van der Waals surface area contributed by atoms with Crippen LogP contribution in [0.25, 0.3) is 0 Å². The molecule has 14 heavy (non-hydrogen) atoms. The van der Waals surface area contributed by atoms with Crippen LogP contribution in [0.4, 0.5) is 0 Å². The van der Waals surface area contributed by atoms with Crippen molar-refractivity contribution in [1.82, 2.24) is 5.43 Å². The van der Waals surface area contributed by atoms with Crippen molar-refractivity contribution in [2.24, 2.45) is 5.84 Å². The summed E-state index contributed by atoms with van der Waals surface area (Å²) < 4.78 is 6.59. The van der Waals surface area contributed by atoms with Crippen LogP contribution in [-0.2, 0) is 4.74 Å². The normalized spacial score (nSPS) is 13.5. The predicted molar refractivity (Wildman–Crippen MR) is 63.2 cm³/mol. The minimum Gasteiger partial charge on any atom is -0.377 e. The maximum absolute atomic E-state index is 5.51. The van der Waals surface area contributed by atoms with Gasteiger partial charge in [0.15, 0.2) is 0 Å². The van der Waals surface area contributed by atoms with Crippen molar-refractivity contribution >= 4 is 27.3 Å². The molecule has 80 valence electrons. The lowest BCUT2D eigenvalue weighted by Crippen LogP contribution is -2.31. The monoisotopic (exact) mass is 278 g/mol. The summed E-state index contributed by atoms with van der Waals surface area (Å²) in [6.07, 6.45) is 0.231. The molecule has 0 aromatic carbocycles. The summed E-state index contributed by atoms with van der Waals surface area (Å²) >= 11 is 5.08. The van der Waals surface area contributed by atoms with Crippen molar-refractivity contribution in [3.63, 3.8) is 0 Å². The third kappa shape index (κ3) is 3.67. The molecule has 1 unspecified atom stereocenters. The molecule has 1 heterocycles. The average Bonchev–Trinajstić information content (AvgIpc) is 2.53. The van der Waals surface area contributed by atoms with Crippen LogP contribution in [0.2, 0.25) is 0 Å². The molecular formula is C9H15BrN2OS. The smallest absolute Gasteiger partial charge is 0.0787 e. The molecule has 1 aromatic heterocycles. The van der Waals surface area contributed by atoms with Crippen LogP contribution in [0.5, 0.6) is 0 Å². The summed E-state index contributed by atoms with van der Waals surface area (Å²) in [5, 5.41) is 2.04. The van der Waals surface area contributed by atoms with E-state index >= 15 is 0 Å². The molecule has 0 saturated heterocycles. The average molecular weight is 279 g/mol. The first-order valence-electron chi connectivity index (χ1n) is 4.45. The van der Waals surface area contributed by atoms with Gasteiger partial charge in [0.05, 0.1) is 18.8 Å². The van der Waals surface area contributed by atoms with Crippen LogP contribution < -0.4 is 11.3 Å². The second-order valence-corrected chi connectivity index (χ2v) is 5.13. The quantitative estimate of drug-likeness (QED) is 0.643. The first-order valence-corrected chi connectivity index (χ1v) is 6.12. The first-order chi connectivity index (χ1) is 6.63. The zero-order valence-electron chi connectivity index (χ0n) is 8.29. The number of nitrogens with two attached hydrogens (primary N) is 1.